The van der Waals surface area contributed by atoms with Crippen LogP contribution in [0.5, 0.6) is 0 Å². The SMILES string of the molecule is COC1C[C@@H](C)C/C(C)=C/[C@@H](C/C=C/c2ccccn2)C(=O)C[C@H](O)[C@@H](C)[C@@H](/C(C)=C/[C@@H]2CC[C@@H](O)[C@H](OC)C2)OC(=O)[C@@H]2CCCCN2C(=O)C(=O)[C@]2(O)O[C@H]1C(OC)C[C@H]2C. The maximum Gasteiger partial charge on any atom is 0.329 e. The van der Waals surface area contributed by atoms with Gasteiger partial charge in [-0.1, -0.05) is 50.6 Å². The van der Waals surface area contributed by atoms with Crippen LogP contribution in [0.2, 0.25) is 0 Å². The molecule has 2 saturated heterocycles. The zero-order chi connectivity index (χ0) is 46.0. The maximum atomic E-state index is 14.5. The van der Waals surface area contributed by atoms with E-state index in [-0.39, 0.29) is 49.5 Å². The Labute approximate surface area is 373 Å². The molecule has 14 heteroatoms. The van der Waals surface area contributed by atoms with Crippen molar-refractivity contribution in [3.8, 4) is 0 Å². The minimum absolute atomic E-state index is 0.0176. The summed E-state index contributed by atoms with van der Waals surface area (Å²) in [5, 5.41) is 34.5. The summed E-state index contributed by atoms with van der Waals surface area (Å²) in [6.07, 6.45) is 8.48. The van der Waals surface area contributed by atoms with Crippen molar-refractivity contribution >= 4 is 29.5 Å². The highest BCUT2D eigenvalue weighted by molar-refractivity contribution is 6.39. The number of Topliss-reactive ketones (excluding diaryl/α,β-unsaturated/α-hetero) is 2. The lowest BCUT2D eigenvalue weighted by Crippen LogP contribution is -2.64. The molecule has 1 amide bonds. The molecule has 0 radical (unpaired) electrons. The topological polar surface area (TPSA) is 191 Å². The Morgan fingerprint density at radius 1 is 0.921 bits per heavy atom. The van der Waals surface area contributed by atoms with Crippen molar-refractivity contribution in [2.45, 2.75) is 160 Å². The molecule has 4 aliphatic rings. The van der Waals surface area contributed by atoms with E-state index in [0.717, 1.165) is 11.3 Å². The summed E-state index contributed by atoms with van der Waals surface area (Å²) in [6.45, 7) is 9.28. The minimum atomic E-state index is -2.53. The van der Waals surface area contributed by atoms with E-state index in [9.17, 15) is 34.5 Å². The molecule has 1 aromatic heterocycles. The van der Waals surface area contributed by atoms with Crippen LogP contribution in [0, 0.1) is 29.6 Å². The fourth-order valence-electron chi connectivity index (χ4n) is 10.1. The van der Waals surface area contributed by atoms with Gasteiger partial charge >= 0.3 is 5.97 Å². The monoisotopic (exact) mass is 881 g/mol. The van der Waals surface area contributed by atoms with Crippen molar-refractivity contribution in [2.24, 2.45) is 29.6 Å². The fourth-order valence-corrected chi connectivity index (χ4v) is 10.1. The Kier molecular flexibility index (Phi) is 18.4. The highest BCUT2D eigenvalue weighted by atomic mass is 16.7. The molecule has 350 valence electrons. The van der Waals surface area contributed by atoms with E-state index in [1.165, 1.54) is 19.1 Å². The van der Waals surface area contributed by atoms with Gasteiger partial charge in [-0.2, -0.15) is 0 Å². The van der Waals surface area contributed by atoms with Crippen LogP contribution in [0.1, 0.15) is 111 Å². The number of nitrogens with zero attached hydrogens (tertiary/aromatic N) is 2. The number of allylic oxidation sites excluding steroid dienone is 4. The second-order valence-electron chi connectivity index (χ2n) is 18.6. The average Bonchev–Trinajstić information content (AvgIpc) is 3.27. The van der Waals surface area contributed by atoms with E-state index >= 15 is 0 Å². The molecule has 3 fully saturated rings. The summed E-state index contributed by atoms with van der Waals surface area (Å²) in [5.41, 5.74) is 2.34. The van der Waals surface area contributed by atoms with Crippen LogP contribution in [0.15, 0.2) is 53.8 Å². The van der Waals surface area contributed by atoms with Crippen molar-refractivity contribution in [3.05, 3.63) is 59.5 Å². The minimum Gasteiger partial charge on any atom is -0.456 e. The lowest BCUT2D eigenvalue weighted by molar-refractivity contribution is -0.302. The fraction of sp³-hybridized carbons (Fsp3) is 0.694. The number of ketones is 2. The van der Waals surface area contributed by atoms with Gasteiger partial charge in [0.15, 0.2) is 0 Å². The number of carbonyl (C=O) groups is 4. The van der Waals surface area contributed by atoms with E-state index in [4.69, 9.17) is 23.7 Å². The van der Waals surface area contributed by atoms with E-state index < -0.39 is 83.9 Å². The summed E-state index contributed by atoms with van der Waals surface area (Å²) in [7, 11) is 4.62. The van der Waals surface area contributed by atoms with Crippen LogP contribution in [-0.4, -0.2) is 131 Å². The number of methoxy groups -OCH3 is 3. The number of carbonyl (C=O) groups excluding carboxylic acids is 4. The van der Waals surface area contributed by atoms with Gasteiger partial charge in [0.1, 0.15) is 24.0 Å². The van der Waals surface area contributed by atoms with Crippen LogP contribution in [0.3, 0.4) is 0 Å². The second kappa shape index (κ2) is 23.0. The Balaban J connectivity index is 1.55. The Morgan fingerprint density at radius 2 is 1.63 bits per heavy atom. The number of cyclic esters (lactones) is 1. The Morgan fingerprint density at radius 3 is 2.32 bits per heavy atom. The second-order valence-corrected chi connectivity index (χ2v) is 18.6. The summed E-state index contributed by atoms with van der Waals surface area (Å²) < 4.78 is 30.0. The largest absolute Gasteiger partial charge is 0.456 e. The quantitative estimate of drug-likeness (QED) is 0.167. The number of amides is 1. The number of esters is 1. The first-order valence-corrected chi connectivity index (χ1v) is 22.9. The van der Waals surface area contributed by atoms with E-state index in [1.807, 2.05) is 63.3 Å². The molecule has 3 aliphatic heterocycles. The zero-order valence-corrected chi connectivity index (χ0v) is 38.5. The number of rotatable bonds is 8. The molecular weight excluding hydrogens is 809 g/mol. The third-order valence-electron chi connectivity index (χ3n) is 13.8. The van der Waals surface area contributed by atoms with Crippen LogP contribution < -0.4 is 0 Å². The lowest BCUT2D eigenvalue weighted by Gasteiger charge is -2.47. The van der Waals surface area contributed by atoms with Crippen molar-refractivity contribution in [2.75, 3.05) is 27.9 Å². The van der Waals surface area contributed by atoms with Gasteiger partial charge in [-0.25, -0.2) is 4.79 Å². The number of pyridine rings is 1. The normalized spacial score (nSPS) is 38.3. The summed E-state index contributed by atoms with van der Waals surface area (Å²) in [6, 6.07) is 4.44. The zero-order valence-electron chi connectivity index (χ0n) is 38.5. The molecule has 5 rings (SSSR count). The Hall–Kier alpha value is -3.63. The molecule has 1 aromatic rings. The lowest BCUT2D eigenvalue weighted by atomic mass is 9.81. The summed E-state index contributed by atoms with van der Waals surface area (Å²) in [5.74, 6) is -7.94. The molecule has 63 heavy (non-hydrogen) atoms. The van der Waals surface area contributed by atoms with Gasteiger partial charge in [0.05, 0.1) is 36.2 Å². The van der Waals surface area contributed by atoms with Crippen LogP contribution in [0.25, 0.3) is 6.08 Å². The summed E-state index contributed by atoms with van der Waals surface area (Å²) >= 11 is 0. The number of aliphatic hydroxyl groups is 3. The molecule has 4 heterocycles. The smallest absolute Gasteiger partial charge is 0.329 e. The van der Waals surface area contributed by atoms with Gasteiger partial charge in [-0.15, -0.1) is 0 Å². The molecule has 1 saturated carbocycles. The standard InChI is InChI=1S/C49H72N2O12/c1-29-22-30(2)24-42(60-7)45-43(61-8)26-32(4)49(58,63-45)46(55)47(56)51-21-12-10-17-37(51)48(57)62-44(31(3)25-34-18-19-38(52)41(27-34)59-6)33(5)39(53)28-40(54)35(23-29)14-13-16-36-15-9-11-20-50-36/h9,11,13,15-16,20,23,25,30,32-35,37-39,41-45,52-53,58H,10,12,14,17-19,21-22,24,26-28H2,1-8H3/b16-13+,29-23+,31-25+/t30-,32+,33+,34-,35+,37-,38+,39-,41+,42?,43?,44+,45+,49+/m0/s1. The first-order chi connectivity index (χ1) is 30.0. The van der Waals surface area contributed by atoms with Crippen LogP contribution in [0.4, 0.5) is 0 Å². The molecule has 14 nitrogen and oxygen atoms in total. The summed E-state index contributed by atoms with van der Waals surface area (Å²) in [4.78, 5) is 63.0. The number of hydrogen-bond donors (Lipinski definition) is 3. The predicted molar refractivity (Wildman–Crippen MR) is 236 cm³/mol. The van der Waals surface area contributed by atoms with Gasteiger partial charge in [0.2, 0.25) is 5.79 Å². The first-order valence-electron chi connectivity index (χ1n) is 22.9. The molecule has 3 N–H and O–H groups in total. The third-order valence-corrected chi connectivity index (χ3v) is 13.8. The van der Waals surface area contributed by atoms with E-state index in [1.54, 1.807) is 27.2 Å². The average molecular weight is 881 g/mol. The van der Waals surface area contributed by atoms with Gasteiger partial charge < -0.3 is 43.9 Å². The maximum absolute atomic E-state index is 14.5. The molecule has 1 aliphatic carbocycles. The highest BCUT2D eigenvalue weighted by Gasteiger charge is 2.56. The predicted octanol–water partition coefficient (Wildman–Crippen LogP) is 5.56. The highest BCUT2D eigenvalue weighted by Crippen LogP contribution is 2.39. The van der Waals surface area contributed by atoms with Crippen molar-refractivity contribution in [1.29, 1.82) is 0 Å². The molecule has 0 aromatic carbocycles. The molecule has 2 unspecified atom stereocenters. The van der Waals surface area contributed by atoms with Crippen molar-refractivity contribution in [1.82, 2.24) is 9.88 Å². The van der Waals surface area contributed by atoms with Crippen molar-refractivity contribution in [3.63, 3.8) is 0 Å². The number of aliphatic hydroxyl groups excluding tert-OH is 2. The number of piperidine rings is 1. The van der Waals surface area contributed by atoms with E-state index in [0.29, 0.717) is 56.9 Å². The van der Waals surface area contributed by atoms with Gasteiger partial charge in [0, 0.05) is 58.2 Å². The number of hydrogen-bond acceptors (Lipinski definition) is 13. The van der Waals surface area contributed by atoms with Crippen LogP contribution in [-0.2, 0) is 42.9 Å². The third kappa shape index (κ3) is 12.6. The number of fused-ring (bicyclic) bond motifs is 3. The number of aromatic nitrogens is 1. The van der Waals surface area contributed by atoms with Gasteiger partial charge in [-0.05, 0) is 114 Å². The molecule has 0 spiro atoms. The molecular formula is C49H72N2O12. The van der Waals surface area contributed by atoms with Gasteiger partial charge in [-0.3, -0.25) is 19.4 Å². The number of ether oxygens (including phenoxy) is 5. The first kappa shape index (κ1) is 50.4. The van der Waals surface area contributed by atoms with Gasteiger partial charge in [0.25, 0.3) is 11.7 Å². The van der Waals surface area contributed by atoms with Crippen molar-refractivity contribution < 1.29 is 58.2 Å². The van der Waals surface area contributed by atoms with Crippen LogP contribution >= 0.6 is 0 Å². The molecule has 2 bridgehead atoms. The Bertz CT molecular complexity index is 1800. The molecule has 14 atom stereocenters. The van der Waals surface area contributed by atoms with E-state index in [2.05, 4.69) is 4.98 Å².